The molecule has 24 heavy (non-hydrogen) atoms. The molecule has 1 saturated carbocycles. The van der Waals surface area contributed by atoms with E-state index in [9.17, 15) is 4.79 Å². The first-order chi connectivity index (χ1) is 11.6. The summed E-state index contributed by atoms with van der Waals surface area (Å²) in [6.07, 6.45) is 9.34. The topological polar surface area (TPSA) is 66.9 Å². The zero-order valence-electron chi connectivity index (χ0n) is 13.7. The fourth-order valence-electron chi connectivity index (χ4n) is 2.84. The molecule has 1 aromatic carbocycles. The smallest absolute Gasteiger partial charge is 0.275 e. The van der Waals surface area contributed by atoms with Gasteiger partial charge in [-0.2, -0.15) is 0 Å². The number of nitrogens with one attached hydrogen (secondary N) is 2. The van der Waals surface area contributed by atoms with Gasteiger partial charge in [-0.1, -0.05) is 41.3 Å². The number of rotatable bonds is 4. The molecular formula is C18H21BrN4O. The van der Waals surface area contributed by atoms with Gasteiger partial charge in [-0.05, 0) is 37.5 Å². The van der Waals surface area contributed by atoms with Crippen molar-refractivity contribution in [2.24, 2.45) is 0 Å². The highest BCUT2D eigenvalue weighted by Crippen LogP contribution is 2.22. The predicted octanol–water partition coefficient (Wildman–Crippen LogP) is 4.54. The standard InChI is InChI=1S/C18H21BrN4O/c1-12-7-8-14(9-15(12)19)23-18(24)16-10-21-17(11-20-16)22-13-5-3-2-4-6-13/h7-11,13H,2-6H2,1H3,(H,21,22)(H,23,24). The second kappa shape index (κ2) is 7.75. The number of halogens is 1. The van der Waals surface area contributed by atoms with Crippen molar-refractivity contribution >= 4 is 33.3 Å². The van der Waals surface area contributed by atoms with Crippen LogP contribution in [0, 0.1) is 6.92 Å². The summed E-state index contributed by atoms with van der Waals surface area (Å²) in [7, 11) is 0. The number of aryl methyl sites for hydroxylation is 1. The van der Waals surface area contributed by atoms with E-state index in [0.717, 1.165) is 21.5 Å². The molecule has 0 atom stereocenters. The lowest BCUT2D eigenvalue weighted by Crippen LogP contribution is -2.23. The molecule has 2 aromatic rings. The van der Waals surface area contributed by atoms with Gasteiger partial charge in [0.15, 0.2) is 0 Å². The lowest BCUT2D eigenvalue weighted by molar-refractivity contribution is 0.102. The van der Waals surface area contributed by atoms with E-state index in [1.165, 1.54) is 38.3 Å². The fourth-order valence-corrected chi connectivity index (χ4v) is 3.22. The minimum atomic E-state index is -0.262. The summed E-state index contributed by atoms with van der Waals surface area (Å²) < 4.78 is 0.957. The summed E-state index contributed by atoms with van der Waals surface area (Å²) in [5.41, 5.74) is 2.15. The molecule has 1 fully saturated rings. The third-order valence-corrected chi connectivity index (χ3v) is 5.13. The molecule has 0 spiro atoms. The van der Waals surface area contributed by atoms with Crippen LogP contribution in [0.1, 0.15) is 48.2 Å². The van der Waals surface area contributed by atoms with Gasteiger partial charge in [-0.25, -0.2) is 9.97 Å². The van der Waals surface area contributed by atoms with E-state index >= 15 is 0 Å². The Morgan fingerprint density at radius 3 is 2.62 bits per heavy atom. The molecule has 2 N–H and O–H groups in total. The number of nitrogens with zero attached hydrogens (tertiary/aromatic N) is 2. The lowest BCUT2D eigenvalue weighted by Gasteiger charge is -2.23. The summed E-state index contributed by atoms with van der Waals surface area (Å²) >= 11 is 3.46. The molecule has 0 aliphatic heterocycles. The van der Waals surface area contributed by atoms with Crippen molar-refractivity contribution in [1.29, 1.82) is 0 Å². The average Bonchev–Trinajstić information content (AvgIpc) is 2.60. The van der Waals surface area contributed by atoms with Gasteiger partial charge < -0.3 is 10.6 Å². The first kappa shape index (κ1) is 16.9. The Labute approximate surface area is 150 Å². The lowest BCUT2D eigenvalue weighted by atomic mass is 9.96. The summed E-state index contributed by atoms with van der Waals surface area (Å²) in [5.74, 6) is 0.471. The quantitative estimate of drug-likeness (QED) is 0.806. The van der Waals surface area contributed by atoms with E-state index in [2.05, 4.69) is 36.5 Å². The second-order valence-electron chi connectivity index (χ2n) is 6.18. The molecule has 3 rings (SSSR count). The summed E-state index contributed by atoms with van der Waals surface area (Å²) in [5, 5.41) is 6.23. The SMILES string of the molecule is Cc1ccc(NC(=O)c2cnc(NC3CCCCC3)cn2)cc1Br. The van der Waals surface area contributed by atoms with Gasteiger partial charge in [-0.3, -0.25) is 4.79 Å². The molecule has 0 saturated heterocycles. The molecule has 1 aromatic heterocycles. The predicted molar refractivity (Wildman–Crippen MR) is 99.4 cm³/mol. The Morgan fingerprint density at radius 2 is 1.96 bits per heavy atom. The van der Waals surface area contributed by atoms with Crippen molar-refractivity contribution in [3.05, 3.63) is 46.3 Å². The monoisotopic (exact) mass is 388 g/mol. The number of hydrogen-bond donors (Lipinski definition) is 2. The summed E-state index contributed by atoms with van der Waals surface area (Å²) in [6, 6.07) is 6.16. The number of anilines is 2. The van der Waals surface area contributed by atoms with Gasteiger partial charge in [0.2, 0.25) is 0 Å². The zero-order valence-corrected chi connectivity index (χ0v) is 15.3. The van der Waals surface area contributed by atoms with Gasteiger partial charge in [0.25, 0.3) is 5.91 Å². The third kappa shape index (κ3) is 4.32. The Hall–Kier alpha value is -1.95. The maximum Gasteiger partial charge on any atom is 0.275 e. The molecule has 5 nitrogen and oxygen atoms in total. The van der Waals surface area contributed by atoms with Crippen LogP contribution < -0.4 is 10.6 Å². The molecule has 1 heterocycles. The van der Waals surface area contributed by atoms with E-state index in [0.29, 0.717) is 11.7 Å². The maximum absolute atomic E-state index is 12.3. The largest absolute Gasteiger partial charge is 0.366 e. The molecule has 1 aliphatic carbocycles. The first-order valence-electron chi connectivity index (χ1n) is 8.28. The molecule has 0 bridgehead atoms. The average molecular weight is 389 g/mol. The van der Waals surface area contributed by atoms with Gasteiger partial charge in [0.1, 0.15) is 11.5 Å². The molecule has 0 radical (unpaired) electrons. The Kier molecular flexibility index (Phi) is 5.45. The molecule has 1 amide bonds. The van der Waals surface area contributed by atoms with Crippen molar-refractivity contribution in [1.82, 2.24) is 9.97 Å². The fraction of sp³-hybridized carbons (Fsp3) is 0.389. The number of benzene rings is 1. The van der Waals surface area contributed by atoms with E-state index in [4.69, 9.17) is 0 Å². The van der Waals surface area contributed by atoms with Crippen LogP contribution in [0.15, 0.2) is 35.1 Å². The van der Waals surface area contributed by atoms with Gasteiger partial charge in [0, 0.05) is 16.2 Å². The number of carbonyl (C=O) groups is 1. The zero-order chi connectivity index (χ0) is 16.9. The van der Waals surface area contributed by atoms with Crippen molar-refractivity contribution in [2.45, 2.75) is 45.1 Å². The number of amides is 1. The van der Waals surface area contributed by atoms with Gasteiger partial charge in [0.05, 0.1) is 12.4 Å². The van der Waals surface area contributed by atoms with E-state index in [1.807, 2.05) is 25.1 Å². The van der Waals surface area contributed by atoms with Crippen molar-refractivity contribution in [3.63, 3.8) is 0 Å². The van der Waals surface area contributed by atoms with Gasteiger partial charge in [-0.15, -0.1) is 0 Å². The highest BCUT2D eigenvalue weighted by Gasteiger charge is 2.14. The van der Waals surface area contributed by atoms with Crippen LogP contribution in [0.25, 0.3) is 0 Å². The minimum absolute atomic E-state index is 0.262. The van der Waals surface area contributed by atoms with Crippen LogP contribution >= 0.6 is 15.9 Å². The van der Waals surface area contributed by atoms with Crippen LogP contribution in [0.5, 0.6) is 0 Å². The summed E-state index contributed by atoms with van der Waals surface area (Å²) in [4.78, 5) is 20.8. The van der Waals surface area contributed by atoms with E-state index < -0.39 is 0 Å². The van der Waals surface area contributed by atoms with Crippen LogP contribution in [-0.2, 0) is 0 Å². The van der Waals surface area contributed by atoms with Gasteiger partial charge >= 0.3 is 0 Å². The van der Waals surface area contributed by atoms with E-state index in [1.54, 1.807) is 6.20 Å². The normalized spacial score (nSPS) is 15.1. The Balaban J connectivity index is 1.61. The Morgan fingerprint density at radius 1 is 1.17 bits per heavy atom. The van der Waals surface area contributed by atoms with Crippen LogP contribution in [0.3, 0.4) is 0 Å². The second-order valence-corrected chi connectivity index (χ2v) is 7.04. The highest BCUT2D eigenvalue weighted by molar-refractivity contribution is 9.10. The van der Waals surface area contributed by atoms with Crippen molar-refractivity contribution in [3.8, 4) is 0 Å². The minimum Gasteiger partial charge on any atom is -0.366 e. The molecule has 126 valence electrons. The van der Waals surface area contributed by atoms with Crippen LogP contribution in [0.2, 0.25) is 0 Å². The van der Waals surface area contributed by atoms with E-state index in [-0.39, 0.29) is 5.91 Å². The van der Waals surface area contributed by atoms with Crippen LogP contribution in [0.4, 0.5) is 11.5 Å². The maximum atomic E-state index is 12.3. The summed E-state index contributed by atoms with van der Waals surface area (Å²) in [6.45, 7) is 2.00. The molecule has 6 heteroatoms. The number of carbonyl (C=O) groups excluding carboxylic acids is 1. The van der Waals surface area contributed by atoms with Crippen molar-refractivity contribution in [2.75, 3.05) is 10.6 Å². The number of hydrogen-bond acceptors (Lipinski definition) is 4. The van der Waals surface area contributed by atoms with Crippen molar-refractivity contribution < 1.29 is 4.79 Å². The molecular weight excluding hydrogens is 368 g/mol. The molecule has 1 aliphatic rings. The first-order valence-corrected chi connectivity index (χ1v) is 9.07. The number of aromatic nitrogens is 2. The highest BCUT2D eigenvalue weighted by atomic mass is 79.9. The van der Waals surface area contributed by atoms with Crippen LogP contribution in [-0.4, -0.2) is 21.9 Å². The Bertz CT molecular complexity index is 711. The third-order valence-electron chi connectivity index (χ3n) is 4.27. The molecule has 0 unspecified atom stereocenters.